The standard InChI is InChI=1S/C15H15ClFNOS/c1-2-18(10-11-5-4-8-20-11)15(19)9-12-13(16)6-3-7-14(12)17/h3-8H,2,9-10H2,1H3. The molecular weight excluding hydrogens is 297 g/mol. The number of halogens is 2. The van der Waals surface area contributed by atoms with E-state index in [9.17, 15) is 9.18 Å². The number of thiophene rings is 1. The number of rotatable bonds is 5. The molecule has 0 fully saturated rings. The highest BCUT2D eigenvalue weighted by Crippen LogP contribution is 2.21. The van der Waals surface area contributed by atoms with Gasteiger partial charge in [-0.2, -0.15) is 0 Å². The zero-order chi connectivity index (χ0) is 14.5. The number of nitrogens with zero attached hydrogens (tertiary/aromatic N) is 1. The molecule has 2 rings (SSSR count). The largest absolute Gasteiger partial charge is 0.338 e. The maximum absolute atomic E-state index is 13.7. The van der Waals surface area contributed by atoms with Crippen molar-refractivity contribution in [3.05, 3.63) is 57.0 Å². The Morgan fingerprint density at radius 3 is 2.75 bits per heavy atom. The van der Waals surface area contributed by atoms with Gasteiger partial charge >= 0.3 is 0 Å². The third-order valence-electron chi connectivity index (χ3n) is 3.05. The van der Waals surface area contributed by atoms with Crippen molar-refractivity contribution < 1.29 is 9.18 Å². The normalized spacial score (nSPS) is 10.6. The molecule has 0 atom stereocenters. The number of carbonyl (C=O) groups is 1. The predicted molar refractivity (Wildman–Crippen MR) is 80.5 cm³/mol. The number of benzene rings is 1. The third kappa shape index (κ3) is 3.58. The molecule has 0 saturated carbocycles. The number of amides is 1. The lowest BCUT2D eigenvalue weighted by Crippen LogP contribution is -2.31. The van der Waals surface area contributed by atoms with Crippen molar-refractivity contribution in [1.29, 1.82) is 0 Å². The quantitative estimate of drug-likeness (QED) is 0.813. The third-order valence-corrected chi connectivity index (χ3v) is 4.27. The molecule has 0 N–H and O–H groups in total. The second kappa shape index (κ2) is 6.86. The fraction of sp³-hybridized carbons (Fsp3) is 0.267. The topological polar surface area (TPSA) is 20.3 Å². The van der Waals surface area contributed by atoms with Crippen LogP contribution in [0.1, 0.15) is 17.4 Å². The summed E-state index contributed by atoms with van der Waals surface area (Å²) in [5.41, 5.74) is 0.267. The van der Waals surface area contributed by atoms with E-state index >= 15 is 0 Å². The van der Waals surface area contributed by atoms with Gasteiger partial charge in [0.1, 0.15) is 5.82 Å². The highest BCUT2D eigenvalue weighted by molar-refractivity contribution is 7.09. The lowest BCUT2D eigenvalue weighted by atomic mass is 10.1. The van der Waals surface area contributed by atoms with Gasteiger partial charge in [0.2, 0.25) is 5.91 Å². The molecule has 5 heteroatoms. The van der Waals surface area contributed by atoms with E-state index in [1.807, 2.05) is 24.4 Å². The predicted octanol–water partition coefficient (Wildman–Crippen LogP) is 4.13. The van der Waals surface area contributed by atoms with E-state index in [1.54, 1.807) is 22.3 Å². The SMILES string of the molecule is CCN(Cc1cccs1)C(=O)Cc1c(F)cccc1Cl. The zero-order valence-electron chi connectivity index (χ0n) is 11.1. The lowest BCUT2D eigenvalue weighted by Gasteiger charge is -2.20. The number of hydrogen-bond donors (Lipinski definition) is 0. The van der Waals surface area contributed by atoms with Crippen molar-refractivity contribution in [1.82, 2.24) is 4.90 Å². The Hall–Kier alpha value is -1.39. The van der Waals surface area contributed by atoms with E-state index in [2.05, 4.69) is 0 Å². The molecule has 1 aromatic heterocycles. The summed E-state index contributed by atoms with van der Waals surface area (Å²) in [7, 11) is 0. The molecule has 0 radical (unpaired) electrons. The fourth-order valence-electron chi connectivity index (χ4n) is 1.93. The minimum absolute atomic E-state index is 0.00920. The van der Waals surface area contributed by atoms with E-state index in [-0.39, 0.29) is 17.9 Å². The number of carbonyl (C=O) groups excluding carboxylic acids is 1. The summed E-state index contributed by atoms with van der Waals surface area (Å²) in [6, 6.07) is 8.39. The molecule has 0 spiro atoms. The molecular formula is C15H15ClFNOS. The van der Waals surface area contributed by atoms with Crippen LogP contribution in [0.4, 0.5) is 4.39 Å². The van der Waals surface area contributed by atoms with E-state index in [0.717, 1.165) is 4.88 Å². The van der Waals surface area contributed by atoms with Gasteiger partial charge in [0.25, 0.3) is 0 Å². The summed E-state index contributed by atoms with van der Waals surface area (Å²) in [4.78, 5) is 15.1. The van der Waals surface area contributed by atoms with Crippen molar-refractivity contribution in [3.8, 4) is 0 Å². The average molecular weight is 312 g/mol. The van der Waals surface area contributed by atoms with Crippen molar-refractivity contribution >= 4 is 28.8 Å². The van der Waals surface area contributed by atoms with Crippen LogP contribution >= 0.6 is 22.9 Å². The summed E-state index contributed by atoms with van der Waals surface area (Å²) in [6.07, 6.45) is -0.00920. The second-order valence-electron chi connectivity index (χ2n) is 4.36. The van der Waals surface area contributed by atoms with Crippen LogP contribution in [0, 0.1) is 5.82 Å². The first-order valence-corrected chi connectivity index (χ1v) is 7.60. The van der Waals surface area contributed by atoms with E-state index in [0.29, 0.717) is 18.1 Å². The van der Waals surface area contributed by atoms with Gasteiger partial charge in [-0.25, -0.2) is 4.39 Å². The van der Waals surface area contributed by atoms with Crippen LogP contribution in [0.2, 0.25) is 5.02 Å². The van der Waals surface area contributed by atoms with Crippen molar-refractivity contribution in [2.75, 3.05) is 6.54 Å². The monoisotopic (exact) mass is 311 g/mol. The van der Waals surface area contributed by atoms with Crippen molar-refractivity contribution in [2.45, 2.75) is 19.9 Å². The maximum Gasteiger partial charge on any atom is 0.227 e. The molecule has 0 aliphatic carbocycles. The Kier molecular flexibility index (Phi) is 5.15. The van der Waals surface area contributed by atoms with E-state index in [1.165, 1.54) is 12.1 Å². The molecule has 1 heterocycles. The molecule has 1 aromatic carbocycles. The van der Waals surface area contributed by atoms with Crippen LogP contribution in [0.5, 0.6) is 0 Å². The van der Waals surface area contributed by atoms with Crippen LogP contribution < -0.4 is 0 Å². The molecule has 0 aliphatic rings. The van der Waals surface area contributed by atoms with Crippen molar-refractivity contribution in [2.24, 2.45) is 0 Å². The highest BCUT2D eigenvalue weighted by atomic mass is 35.5. The van der Waals surface area contributed by atoms with Gasteiger partial charge in [-0.15, -0.1) is 11.3 Å². The molecule has 2 nitrogen and oxygen atoms in total. The Labute approximate surface area is 126 Å². The van der Waals surface area contributed by atoms with Gasteiger partial charge in [0, 0.05) is 22.0 Å². The molecule has 0 unspecified atom stereocenters. The summed E-state index contributed by atoms with van der Waals surface area (Å²) < 4.78 is 13.7. The smallest absolute Gasteiger partial charge is 0.227 e. The maximum atomic E-state index is 13.7. The van der Waals surface area contributed by atoms with Crippen molar-refractivity contribution in [3.63, 3.8) is 0 Å². The summed E-state index contributed by atoms with van der Waals surface area (Å²) >= 11 is 7.56. The summed E-state index contributed by atoms with van der Waals surface area (Å²) in [6.45, 7) is 3.05. The minimum atomic E-state index is -0.432. The van der Waals surface area contributed by atoms with Gasteiger partial charge in [0.05, 0.1) is 13.0 Å². The first-order chi connectivity index (χ1) is 9.61. The minimum Gasteiger partial charge on any atom is -0.338 e. The highest BCUT2D eigenvalue weighted by Gasteiger charge is 2.17. The molecule has 0 saturated heterocycles. The molecule has 20 heavy (non-hydrogen) atoms. The van der Waals surface area contributed by atoms with Gasteiger partial charge in [-0.05, 0) is 30.5 Å². The summed E-state index contributed by atoms with van der Waals surface area (Å²) in [5.74, 6) is -0.550. The Morgan fingerprint density at radius 2 is 2.15 bits per heavy atom. The molecule has 0 bridgehead atoms. The molecule has 0 aliphatic heterocycles. The zero-order valence-corrected chi connectivity index (χ0v) is 12.7. The molecule has 1 amide bonds. The van der Waals surface area contributed by atoms with Gasteiger partial charge in [-0.1, -0.05) is 23.7 Å². The van der Waals surface area contributed by atoms with E-state index < -0.39 is 5.82 Å². The molecule has 2 aromatic rings. The van der Waals surface area contributed by atoms with Crippen LogP contribution in [0.25, 0.3) is 0 Å². The Bertz CT molecular complexity index is 565. The lowest BCUT2D eigenvalue weighted by molar-refractivity contribution is -0.130. The van der Waals surface area contributed by atoms with Gasteiger partial charge in [-0.3, -0.25) is 4.79 Å². The Morgan fingerprint density at radius 1 is 1.35 bits per heavy atom. The average Bonchev–Trinajstić information content (AvgIpc) is 2.93. The summed E-state index contributed by atoms with van der Waals surface area (Å²) in [5, 5.41) is 2.27. The van der Waals surface area contributed by atoms with Crippen LogP contribution in [0.3, 0.4) is 0 Å². The van der Waals surface area contributed by atoms with Gasteiger partial charge in [0.15, 0.2) is 0 Å². The first-order valence-electron chi connectivity index (χ1n) is 6.35. The number of likely N-dealkylation sites (N-methyl/N-ethyl adjacent to an activating group) is 1. The molecule has 106 valence electrons. The van der Waals surface area contributed by atoms with Gasteiger partial charge < -0.3 is 4.90 Å². The van der Waals surface area contributed by atoms with Crippen LogP contribution in [0.15, 0.2) is 35.7 Å². The first kappa shape index (κ1) is 15.0. The Balaban J connectivity index is 2.09. The van der Waals surface area contributed by atoms with Crippen LogP contribution in [-0.4, -0.2) is 17.4 Å². The fourth-order valence-corrected chi connectivity index (χ4v) is 2.88. The second-order valence-corrected chi connectivity index (χ2v) is 5.80. The number of hydrogen-bond acceptors (Lipinski definition) is 2. The van der Waals surface area contributed by atoms with E-state index in [4.69, 9.17) is 11.6 Å². The van der Waals surface area contributed by atoms with Crippen LogP contribution in [-0.2, 0) is 17.8 Å².